The Morgan fingerprint density at radius 3 is 1.71 bits per heavy atom. The molecule has 7 N–H and O–H groups in total. The van der Waals surface area contributed by atoms with E-state index in [1.807, 2.05) is 75.5 Å². The van der Waals surface area contributed by atoms with E-state index >= 15 is 0 Å². The molecule has 0 radical (unpaired) electrons. The van der Waals surface area contributed by atoms with E-state index in [1.165, 1.54) is 20.6 Å². The first-order valence-corrected chi connectivity index (χ1v) is 16.9. The summed E-state index contributed by atoms with van der Waals surface area (Å²) in [5, 5.41) is 7.57. The number of rotatable bonds is 10. The van der Waals surface area contributed by atoms with Gasteiger partial charge in [-0.15, -0.1) is 0 Å². The molecule has 0 fully saturated rings. The average molecular weight is 715 g/mol. The normalized spacial score (nSPS) is 11.2. The molecular weight excluding hydrogens is 664 g/mol. The molecule has 0 spiro atoms. The minimum absolute atomic E-state index is 0.115. The maximum absolute atomic E-state index is 12.8. The summed E-state index contributed by atoms with van der Waals surface area (Å²) >= 11 is 0. The van der Waals surface area contributed by atoms with Crippen molar-refractivity contribution in [3.05, 3.63) is 83.7 Å². The van der Waals surface area contributed by atoms with Crippen molar-refractivity contribution < 1.29 is 28.7 Å². The zero-order valence-electron chi connectivity index (χ0n) is 31.0. The predicted molar refractivity (Wildman–Crippen MR) is 200 cm³/mol. The van der Waals surface area contributed by atoms with Gasteiger partial charge in [-0.05, 0) is 48.2 Å². The number of carbonyl (C=O) groups excluding carboxylic acids is 4. The second-order valence-corrected chi connectivity index (χ2v) is 11.8. The van der Waals surface area contributed by atoms with Crippen LogP contribution < -0.4 is 21.7 Å². The molecule has 4 rings (SSSR count). The van der Waals surface area contributed by atoms with Gasteiger partial charge in [-0.2, -0.15) is 0 Å². The molecule has 0 aliphatic rings. The van der Waals surface area contributed by atoms with Crippen LogP contribution in [0.5, 0.6) is 0 Å². The van der Waals surface area contributed by atoms with E-state index in [2.05, 4.69) is 83.7 Å². The molecule has 2 heterocycles. The Hall–Kier alpha value is -6.10. The van der Waals surface area contributed by atoms with Gasteiger partial charge in [0.1, 0.15) is 17.7 Å². The highest BCUT2D eigenvalue weighted by Gasteiger charge is 2.26. The number of aromatic nitrogens is 4. The number of benzene rings is 2. The fourth-order valence-electron chi connectivity index (χ4n) is 4.33. The zero-order valence-corrected chi connectivity index (χ0v) is 31.0. The summed E-state index contributed by atoms with van der Waals surface area (Å²) in [5.41, 5.74) is 10.4. The summed E-state index contributed by atoms with van der Waals surface area (Å²) in [6, 6.07) is 14.9. The van der Waals surface area contributed by atoms with Gasteiger partial charge in [0.25, 0.3) is 0 Å². The van der Waals surface area contributed by atoms with Crippen molar-refractivity contribution in [2.75, 3.05) is 20.8 Å². The maximum Gasteiger partial charge on any atom is 0.407 e. The van der Waals surface area contributed by atoms with Crippen molar-refractivity contribution in [2.24, 2.45) is 11.7 Å². The summed E-state index contributed by atoms with van der Waals surface area (Å²) in [6.07, 6.45) is 4.40. The second-order valence-electron chi connectivity index (χ2n) is 11.8. The second kappa shape index (κ2) is 21.9. The highest BCUT2D eigenvalue weighted by molar-refractivity contribution is 5.86. The Bertz CT molecular complexity index is 1790. The molecule has 0 saturated carbocycles. The van der Waals surface area contributed by atoms with Crippen LogP contribution in [-0.4, -0.2) is 70.7 Å². The number of H-pyrrole nitrogens is 2. The van der Waals surface area contributed by atoms with Gasteiger partial charge < -0.3 is 41.1 Å². The Morgan fingerprint density at radius 1 is 0.769 bits per heavy atom. The standard InChI is InChI=1S/C31H34N6O3.C4H8N2O3.C3H8/c1-6-27-32-17-25(35-27)23-13-9-21(10-14-23)7-8-22-11-15-24(16-12-22)26-18-33-29(36-26)20(4)34-30(38)28(19(2)3)37-31(39)40-5;1-9-4(8)6-2-3(5)7;1-3-2/h9-20,28H,6H2,1-5H3,(H,32,35)(H,33,36)(H,34,38)(H,37,39);2H2,1H3,(H2,5,7)(H,6,8);3H2,1-2H3. The van der Waals surface area contributed by atoms with E-state index in [0.29, 0.717) is 5.82 Å². The first kappa shape index (κ1) is 42.1. The van der Waals surface area contributed by atoms with Crippen LogP contribution in [0.4, 0.5) is 9.59 Å². The molecule has 278 valence electrons. The van der Waals surface area contributed by atoms with Gasteiger partial charge in [0.05, 0.1) is 50.6 Å². The van der Waals surface area contributed by atoms with Crippen LogP contribution in [0.2, 0.25) is 0 Å². The number of carbonyl (C=O) groups is 4. The largest absolute Gasteiger partial charge is 0.453 e. The smallest absolute Gasteiger partial charge is 0.407 e. The van der Waals surface area contributed by atoms with Crippen LogP contribution in [0.3, 0.4) is 0 Å². The Labute approximate surface area is 305 Å². The SMILES string of the molecule is CCC.CCc1ncc(-c2ccc(C#Cc3ccc(-c4cnc(C(C)NC(=O)C(NC(=O)OC)C(C)C)[nH]4)cc3)cc2)[nH]1.COC(=O)NCC(N)=O. The summed E-state index contributed by atoms with van der Waals surface area (Å²) in [4.78, 5) is 59.9. The molecule has 2 atom stereocenters. The number of primary amides is 1. The predicted octanol–water partition coefficient (Wildman–Crippen LogP) is 5.23. The number of hydrogen-bond donors (Lipinski definition) is 6. The Kier molecular flexibility index (Phi) is 17.7. The van der Waals surface area contributed by atoms with Crippen molar-refractivity contribution in [1.82, 2.24) is 35.9 Å². The number of nitrogens with zero attached hydrogens (tertiary/aromatic N) is 2. The Morgan fingerprint density at radius 2 is 1.27 bits per heavy atom. The van der Waals surface area contributed by atoms with Gasteiger partial charge in [0.15, 0.2) is 0 Å². The molecule has 0 aliphatic heterocycles. The molecule has 2 unspecified atom stereocenters. The first-order chi connectivity index (χ1) is 24.8. The van der Waals surface area contributed by atoms with Crippen molar-refractivity contribution in [2.45, 2.75) is 66.5 Å². The third-order valence-electron chi connectivity index (χ3n) is 7.07. The fourth-order valence-corrected chi connectivity index (χ4v) is 4.33. The number of methoxy groups -OCH3 is 2. The molecule has 0 aliphatic carbocycles. The molecular formula is C38H50N8O6. The minimum Gasteiger partial charge on any atom is -0.453 e. The maximum atomic E-state index is 12.8. The van der Waals surface area contributed by atoms with Crippen LogP contribution in [0.15, 0.2) is 60.9 Å². The molecule has 14 nitrogen and oxygen atoms in total. The third kappa shape index (κ3) is 14.0. The molecule has 52 heavy (non-hydrogen) atoms. The Balaban J connectivity index is 0.000000673. The summed E-state index contributed by atoms with van der Waals surface area (Å²) in [6.45, 7) is 11.7. The van der Waals surface area contributed by atoms with E-state index in [-0.39, 0.29) is 24.4 Å². The first-order valence-electron chi connectivity index (χ1n) is 16.9. The quantitative estimate of drug-likeness (QED) is 0.120. The molecule has 14 heteroatoms. The molecule has 4 aromatic rings. The van der Waals surface area contributed by atoms with E-state index in [9.17, 15) is 19.2 Å². The van der Waals surface area contributed by atoms with Gasteiger partial charge in [-0.3, -0.25) is 9.59 Å². The van der Waals surface area contributed by atoms with E-state index in [1.54, 1.807) is 6.20 Å². The summed E-state index contributed by atoms with van der Waals surface area (Å²) in [5.74, 6) is 6.99. The molecule has 2 aromatic heterocycles. The number of imidazole rings is 2. The highest BCUT2D eigenvalue weighted by Crippen LogP contribution is 2.21. The summed E-state index contributed by atoms with van der Waals surface area (Å²) < 4.78 is 8.78. The van der Waals surface area contributed by atoms with E-state index in [0.717, 1.165) is 45.9 Å². The van der Waals surface area contributed by atoms with Gasteiger partial charge in [-0.25, -0.2) is 19.6 Å². The van der Waals surface area contributed by atoms with Crippen LogP contribution >= 0.6 is 0 Å². The molecule has 0 saturated heterocycles. The summed E-state index contributed by atoms with van der Waals surface area (Å²) in [7, 11) is 2.47. The lowest BCUT2D eigenvalue weighted by molar-refractivity contribution is -0.124. The van der Waals surface area contributed by atoms with Crippen molar-refractivity contribution in [3.63, 3.8) is 0 Å². The third-order valence-corrected chi connectivity index (χ3v) is 7.07. The van der Waals surface area contributed by atoms with Crippen molar-refractivity contribution >= 4 is 24.0 Å². The molecule has 4 amide bonds. The highest BCUT2D eigenvalue weighted by atomic mass is 16.5. The fraction of sp³-hybridized carbons (Fsp3) is 0.368. The number of nitrogens with one attached hydrogen (secondary N) is 5. The number of aromatic amines is 2. The number of nitrogens with two attached hydrogens (primary N) is 1. The van der Waals surface area contributed by atoms with E-state index in [4.69, 9.17) is 0 Å². The number of hydrogen-bond acceptors (Lipinski definition) is 8. The lowest BCUT2D eigenvalue weighted by atomic mass is 10.0. The van der Waals surface area contributed by atoms with Crippen molar-refractivity contribution in [1.29, 1.82) is 0 Å². The lowest BCUT2D eigenvalue weighted by Crippen LogP contribution is -2.50. The monoisotopic (exact) mass is 714 g/mol. The molecule has 0 bridgehead atoms. The number of aryl methyl sites for hydroxylation is 1. The van der Waals surface area contributed by atoms with E-state index < -0.39 is 24.1 Å². The number of alkyl carbamates (subject to hydrolysis) is 2. The molecule has 2 aromatic carbocycles. The van der Waals surface area contributed by atoms with Gasteiger partial charge in [0, 0.05) is 17.5 Å². The van der Waals surface area contributed by atoms with Crippen LogP contribution in [0.25, 0.3) is 22.5 Å². The van der Waals surface area contributed by atoms with Crippen LogP contribution in [-0.2, 0) is 25.5 Å². The van der Waals surface area contributed by atoms with Crippen molar-refractivity contribution in [3.8, 4) is 34.4 Å². The number of amides is 4. The van der Waals surface area contributed by atoms with Crippen LogP contribution in [0, 0.1) is 17.8 Å². The average Bonchev–Trinajstić information content (AvgIpc) is 3.84. The van der Waals surface area contributed by atoms with Gasteiger partial charge >= 0.3 is 12.2 Å². The van der Waals surface area contributed by atoms with Gasteiger partial charge in [-0.1, -0.05) is 77.1 Å². The van der Waals surface area contributed by atoms with Crippen LogP contribution in [0.1, 0.15) is 76.8 Å². The topological polar surface area (TPSA) is 206 Å². The number of ether oxygens (including phenoxy) is 2. The zero-order chi connectivity index (χ0) is 38.6. The van der Waals surface area contributed by atoms with Gasteiger partial charge in [0.2, 0.25) is 11.8 Å². The lowest BCUT2D eigenvalue weighted by Gasteiger charge is -2.22. The minimum atomic E-state index is -0.721.